The SMILES string of the molecule is CCCCC(CC)COC(=O)/C=C/c1cc(Cl)c(OC)c(Cl)c1. The van der Waals surface area contributed by atoms with Crippen molar-refractivity contribution in [2.24, 2.45) is 5.92 Å². The van der Waals surface area contributed by atoms with Crippen molar-refractivity contribution in [1.82, 2.24) is 0 Å². The van der Waals surface area contributed by atoms with Crippen molar-refractivity contribution in [3.8, 4) is 5.75 Å². The maximum atomic E-state index is 11.8. The van der Waals surface area contributed by atoms with E-state index in [-0.39, 0.29) is 5.97 Å². The van der Waals surface area contributed by atoms with Crippen LogP contribution in [0.15, 0.2) is 18.2 Å². The molecule has 1 atom stereocenters. The van der Waals surface area contributed by atoms with Gasteiger partial charge in [0, 0.05) is 6.08 Å². The van der Waals surface area contributed by atoms with Crippen LogP contribution in [-0.4, -0.2) is 19.7 Å². The van der Waals surface area contributed by atoms with Crippen LogP contribution < -0.4 is 4.74 Å². The first-order chi connectivity index (χ1) is 11.0. The van der Waals surface area contributed by atoms with Crippen LogP contribution in [0.1, 0.15) is 45.1 Å². The minimum atomic E-state index is -0.358. The number of unbranched alkanes of at least 4 members (excludes halogenated alkanes) is 1. The van der Waals surface area contributed by atoms with E-state index < -0.39 is 0 Å². The van der Waals surface area contributed by atoms with Gasteiger partial charge in [0.25, 0.3) is 0 Å². The van der Waals surface area contributed by atoms with Gasteiger partial charge in [-0.15, -0.1) is 0 Å². The molecule has 1 rings (SSSR count). The number of carbonyl (C=O) groups is 1. The fourth-order valence-electron chi connectivity index (χ4n) is 2.18. The van der Waals surface area contributed by atoms with E-state index in [9.17, 15) is 4.79 Å². The third kappa shape index (κ3) is 6.84. The molecule has 0 aliphatic rings. The first kappa shape index (κ1) is 19.9. The summed E-state index contributed by atoms with van der Waals surface area (Å²) < 4.78 is 10.4. The molecule has 1 unspecified atom stereocenters. The summed E-state index contributed by atoms with van der Waals surface area (Å²) in [5, 5.41) is 0.803. The number of hydrogen-bond donors (Lipinski definition) is 0. The second-order valence-corrected chi connectivity index (χ2v) is 6.21. The predicted octanol–water partition coefficient (Wildman–Crippen LogP) is 5.77. The maximum absolute atomic E-state index is 11.8. The van der Waals surface area contributed by atoms with Gasteiger partial charge in [-0.2, -0.15) is 0 Å². The number of methoxy groups -OCH3 is 1. The van der Waals surface area contributed by atoms with Crippen molar-refractivity contribution < 1.29 is 14.3 Å². The van der Waals surface area contributed by atoms with Gasteiger partial charge in [0.2, 0.25) is 0 Å². The number of benzene rings is 1. The maximum Gasteiger partial charge on any atom is 0.330 e. The number of ether oxygens (including phenoxy) is 2. The molecule has 0 saturated carbocycles. The Morgan fingerprint density at radius 3 is 2.43 bits per heavy atom. The Kier molecular flexibility index (Phi) is 9.12. The van der Waals surface area contributed by atoms with Crippen molar-refractivity contribution in [2.45, 2.75) is 39.5 Å². The van der Waals surface area contributed by atoms with Crippen molar-refractivity contribution >= 4 is 35.2 Å². The van der Waals surface area contributed by atoms with Gasteiger partial charge in [-0.1, -0.05) is 56.3 Å². The highest BCUT2D eigenvalue weighted by atomic mass is 35.5. The van der Waals surface area contributed by atoms with E-state index in [2.05, 4.69) is 13.8 Å². The lowest BCUT2D eigenvalue weighted by atomic mass is 10.0. The van der Waals surface area contributed by atoms with E-state index in [4.69, 9.17) is 32.7 Å². The van der Waals surface area contributed by atoms with Gasteiger partial charge in [0.15, 0.2) is 5.75 Å². The lowest BCUT2D eigenvalue weighted by Crippen LogP contribution is -2.12. The van der Waals surface area contributed by atoms with Crippen molar-refractivity contribution in [3.63, 3.8) is 0 Å². The zero-order valence-electron chi connectivity index (χ0n) is 13.9. The lowest BCUT2D eigenvalue weighted by Gasteiger charge is -2.13. The molecule has 0 aliphatic carbocycles. The Morgan fingerprint density at radius 2 is 1.91 bits per heavy atom. The summed E-state index contributed by atoms with van der Waals surface area (Å²) in [5.74, 6) is 0.495. The Balaban J connectivity index is 2.58. The van der Waals surface area contributed by atoms with Crippen molar-refractivity contribution in [1.29, 1.82) is 0 Å². The predicted molar refractivity (Wildman–Crippen MR) is 96.3 cm³/mol. The Morgan fingerprint density at radius 1 is 1.26 bits per heavy atom. The number of hydrogen-bond acceptors (Lipinski definition) is 3. The van der Waals surface area contributed by atoms with Crippen molar-refractivity contribution in [3.05, 3.63) is 33.8 Å². The molecule has 128 valence electrons. The molecule has 3 nitrogen and oxygen atoms in total. The molecule has 0 spiro atoms. The first-order valence-electron chi connectivity index (χ1n) is 7.89. The molecule has 0 bridgehead atoms. The summed E-state index contributed by atoms with van der Waals surface area (Å²) >= 11 is 12.1. The van der Waals surface area contributed by atoms with E-state index in [1.807, 2.05) is 0 Å². The largest absolute Gasteiger partial charge is 0.494 e. The smallest absolute Gasteiger partial charge is 0.330 e. The molecule has 0 aromatic heterocycles. The summed E-state index contributed by atoms with van der Waals surface area (Å²) in [6.07, 6.45) is 7.44. The van der Waals surface area contributed by atoms with Crippen LogP contribution in [0.3, 0.4) is 0 Å². The Hall–Kier alpha value is -1.19. The van der Waals surface area contributed by atoms with E-state index in [0.29, 0.717) is 28.3 Å². The minimum Gasteiger partial charge on any atom is -0.494 e. The Labute approximate surface area is 148 Å². The van der Waals surface area contributed by atoms with Crippen LogP contribution in [0.4, 0.5) is 0 Å². The third-order valence-corrected chi connectivity index (χ3v) is 4.20. The Bertz CT molecular complexity index is 518. The van der Waals surface area contributed by atoms with E-state index in [0.717, 1.165) is 31.2 Å². The third-order valence-electron chi connectivity index (χ3n) is 3.64. The van der Waals surface area contributed by atoms with Gasteiger partial charge in [-0.05, 0) is 36.1 Å². The quantitative estimate of drug-likeness (QED) is 0.414. The van der Waals surface area contributed by atoms with Crippen LogP contribution in [0.5, 0.6) is 5.75 Å². The summed E-state index contributed by atoms with van der Waals surface area (Å²) in [4.78, 5) is 11.8. The summed E-state index contributed by atoms with van der Waals surface area (Å²) in [6.45, 7) is 4.74. The van der Waals surface area contributed by atoms with Gasteiger partial charge in [0.05, 0.1) is 23.8 Å². The van der Waals surface area contributed by atoms with Gasteiger partial charge >= 0.3 is 5.97 Å². The van der Waals surface area contributed by atoms with E-state index >= 15 is 0 Å². The summed E-state index contributed by atoms with van der Waals surface area (Å²) in [6, 6.07) is 3.37. The van der Waals surface area contributed by atoms with E-state index in [1.54, 1.807) is 18.2 Å². The molecule has 0 N–H and O–H groups in total. The minimum absolute atomic E-state index is 0.358. The molecule has 1 aromatic rings. The summed E-state index contributed by atoms with van der Waals surface area (Å²) in [5.41, 5.74) is 0.718. The highest BCUT2D eigenvalue weighted by molar-refractivity contribution is 6.37. The first-order valence-corrected chi connectivity index (χ1v) is 8.65. The number of carbonyl (C=O) groups excluding carboxylic acids is 1. The number of rotatable bonds is 9. The van der Waals surface area contributed by atoms with Gasteiger partial charge in [0.1, 0.15) is 0 Å². The molecule has 0 aliphatic heterocycles. The topological polar surface area (TPSA) is 35.5 Å². The highest BCUT2D eigenvalue weighted by Gasteiger charge is 2.09. The molecule has 0 fully saturated rings. The van der Waals surface area contributed by atoms with Crippen LogP contribution in [0.25, 0.3) is 6.08 Å². The molecular formula is C18H24Cl2O3. The monoisotopic (exact) mass is 358 g/mol. The average Bonchev–Trinajstić information content (AvgIpc) is 2.53. The fourth-order valence-corrected chi connectivity index (χ4v) is 2.84. The average molecular weight is 359 g/mol. The molecule has 1 aromatic carbocycles. The number of halogens is 2. The molecule has 5 heteroatoms. The van der Waals surface area contributed by atoms with Crippen LogP contribution in [0.2, 0.25) is 10.0 Å². The van der Waals surface area contributed by atoms with E-state index in [1.165, 1.54) is 13.2 Å². The van der Waals surface area contributed by atoms with Crippen molar-refractivity contribution in [2.75, 3.05) is 13.7 Å². The highest BCUT2D eigenvalue weighted by Crippen LogP contribution is 2.34. The number of esters is 1. The molecule has 0 heterocycles. The molecule has 0 amide bonds. The summed E-state index contributed by atoms with van der Waals surface area (Å²) in [7, 11) is 1.50. The van der Waals surface area contributed by atoms with Crippen LogP contribution >= 0.6 is 23.2 Å². The molecule has 0 radical (unpaired) electrons. The zero-order valence-corrected chi connectivity index (χ0v) is 15.4. The normalized spacial score (nSPS) is 12.4. The zero-order chi connectivity index (χ0) is 17.2. The molecule has 23 heavy (non-hydrogen) atoms. The fraction of sp³-hybridized carbons (Fsp3) is 0.500. The molecular weight excluding hydrogens is 335 g/mol. The standard InChI is InChI=1S/C18H24Cl2O3/c1-4-6-7-13(5-2)12-23-17(21)9-8-14-10-15(19)18(22-3)16(20)11-14/h8-11,13H,4-7,12H2,1-3H3/b9-8+. The van der Waals surface area contributed by atoms with Gasteiger partial charge in [-0.25, -0.2) is 4.79 Å². The lowest BCUT2D eigenvalue weighted by molar-refractivity contribution is -0.139. The van der Waals surface area contributed by atoms with Gasteiger partial charge in [-0.3, -0.25) is 0 Å². The van der Waals surface area contributed by atoms with Crippen LogP contribution in [0, 0.1) is 5.92 Å². The second-order valence-electron chi connectivity index (χ2n) is 5.40. The second kappa shape index (κ2) is 10.6. The van der Waals surface area contributed by atoms with Crippen LogP contribution in [-0.2, 0) is 9.53 Å². The van der Waals surface area contributed by atoms with Gasteiger partial charge < -0.3 is 9.47 Å². The molecule has 0 saturated heterocycles.